The second-order valence-corrected chi connectivity index (χ2v) is 4.76. The third kappa shape index (κ3) is 4.07. The maximum atomic E-state index is 5.92. The molecule has 0 heterocycles. The van der Waals surface area contributed by atoms with Crippen molar-refractivity contribution in [3.63, 3.8) is 0 Å². The summed E-state index contributed by atoms with van der Waals surface area (Å²) >= 11 is 5.92. The molecule has 2 aromatic rings. The number of ether oxygens (including phenoxy) is 1. The minimum Gasteiger partial charge on any atom is -0.492 e. The molecular weight excluding hydrogens is 260 g/mol. The van der Waals surface area contributed by atoms with E-state index in [4.69, 9.17) is 22.1 Å². The molecule has 0 saturated carbocycles. The van der Waals surface area contributed by atoms with Crippen LogP contribution in [0.5, 0.6) is 5.75 Å². The molecule has 19 heavy (non-hydrogen) atoms. The van der Waals surface area contributed by atoms with Crippen molar-refractivity contribution in [2.75, 3.05) is 24.2 Å². The smallest absolute Gasteiger partial charge is 0.119 e. The summed E-state index contributed by atoms with van der Waals surface area (Å²) in [5.41, 5.74) is 8.54. The quantitative estimate of drug-likeness (QED) is 0.646. The first-order valence-electron chi connectivity index (χ1n) is 6.13. The van der Waals surface area contributed by atoms with E-state index in [1.807, 2.05) is 37.3 Å². The van der Waals surface area contributed by atoms with Gasteiger partial charge in [-0.05, 0) is 42.8 Å². The van der Waals surface area contributed by atoms with E-state index in [-0.39, 0.29) is 0 Å². The van der Waals surface area contributed by atoms with Gasteiger partial charge in [0, 0.05) is 11.6 Å². The van der Waals surface area contributed by atoms with Crippen molar-refractivity contribution in [1.82, 2.24) is 0 Å². The average molecular weight is 277 g/mol. The third-order valence-corrected chi connectivity index (χ3v) is 2.93. The number of hydrogen-bond acceptors (Lipinski definition) is 3. The number of aryl methyl sites for hydroxylation is 1. The third-order valence-electron chi connectivity index (χ3n) is 2.69. The van der Waals surface area contributed by atoms with Crippen LogP contribution in [0.2, 0.25) is 5.02 Å². The van der Waals surface area contributed by atoms with Gasteiger partial charge in [-0.1, -0.05) is 23.7 Å². The fourth-order valence-electron chi connectivity index (χ4n) is 1.74. The monoisotopic (exact) mass is 276 g/mol. The highest BCUT2D eigenvalue weighted by molar-refractivity contribution is 6.31. The van der Waals surface area contributed by atoms with E-state index in [0.29, 0.717) is 23.9 Å². The molecule has 2 aromatic carbocycles. The summed E-state index contributed by atoms with van der Waals surface area (Å²) < 4.78 is 5.64. The van der Waals surface area contributed by atoms with Gasteiger partial charge in [-0.25, -0.2) is 0 Å². The van der Waals surface area contributed by atoms with E-state index >= 15 is 0 Å². The van der Waals surface area contributed by atoms with Crippen LogP contribution in [0.3, 0.4) is 0 Å². The largest absolute Gasteiger partial charge is 0.492 e. The van der Waals surface area contributed by atoms with Crippen molar-refractivity contribution >= 4 is 23.0 Å². The number of nitrogen functional groups attached to an aromatic ring is 1. The molecule has 0 aliphatic heterocycles. The number of nitrogens with two attached hydrogens (primary N) is 1. The lowest BCUT2D eigenvalue weighted by molar-refractivity contribution is 0.332. The summed E-state index contributed by atoms with van der Waals surface area (Å²) in [6.45, 7) is 3.27. The first-order chi connectivity index (χ1) is 9.15. The Balaban J connectivity index is 1.82. The average Bonchev–Trinajstić information content (AvgIpc) is 2.39. The standard InChI is InChI=1S/C15H17ClN2O/c1-11-3-2-4-13(9-11)19-8-7-18-15-10-12(16)5-6-14(15)17/h2-6,9-10,18H,7-8,17H2,1H3. The summed E-state index contributed by atoms with van der Waals surface area (Å²) in [7, 11) is 0. The minimum absolute atomic E-state index is 0.565. The second-order valence-electron chi connectivity index (χ2n) is 4.32. The molecule has 3 nitrogen and oxygen atoms in total. The summed E-state index contributed by atoms with van der Waals surface area (Å²) in [6, 6.07) is 13.3. The first kappa shape index (κ1) is 13.6. The number of hydrogen-bond donors (Lipinski definition) is 2. The van der Waals surface area contributed by atoms with Gasteiger partial charge in [0.15, 0.2) is 0 Å². The molecule has 100 valence electrons. The zero-order valence-corrected chi connectivity index (χ0v) is 11.6. The Morgan fingerprint density at radius 3 is 2.84 bits per heavy atom. The summed E-state index contributed by atoms with van der Waals surface area (Å²) in [5.74, 6) is 0.876. The lowest BCUT2D eigenvalue weighted by Gasteiger charge is -2.11. The van der Waals surface area contributed by atoms with Gasteiger partial charge in [-0.3, -0.25) is 0 Å². The van der Waals surface area contributed by atoms with Gasteiger partial charge < -0.3 is 15.8 Å². The molecular formula is C15H17ClN2O. The first-order valence-corrected chi connectivity index (χ1v) is 6.51. The van der Waals surface area contributed by atoms with Crippen LogP contribution in [0.15, 0.2) is 42.5 Å². The van der Waals surface area contributed by atoms with Crippen molar-refractivity contribution < 1.29 is 4.74 Å². The fourth-order valence-corrected chi connectivity index (χ4v) is 1.91. The SMILES string of the molecule is Cc1cccc(OCCNc2cc(Cl)ccc2N)c1. The molecule has 0 radical (unpaired) electrons. The Labute approximate surface area is 118 Å². The topological polar surface area (TPSA) is 47.3 Å². The van der Waals surface area contributed by atoms with E-state index in [9.17, 15) is 0 Å². The predicted molar refractivity (Wildman–Crippen MR) is 81.0 cm³/mol. The summed E-state index contributed by atoms with van der Waals surface area (Å²) in [4.78, 5) is 0. The zero-order valence-electron chi connectivity index (χ0n) is 10.8. The van der Waals surface area contributed by atoms with Gasteiger partial charge >= 0.3 is 0 Å². The molecule has 0 saturated heterocycles. The molecule has 0 unspecified atom stereocenters. The highest BCUT2D eigenvalue weighted by atomic mass is 35.5. The maximum Gasteiger partial charge on any atom is 0.119 e. The zero-order chi connectivity index (χ0) is 13.7. The highest BCUT2D eigenvalue weighted by Crippen LogP contribution is 2.22. The van der Waals surface area contributed by atoms with Gasteiger partial charge in [-0.2, -0.15) is 0 Å². The number of rotatable bonds is 5. The van der Waals surface area contributed by atoms with Gasteiger partial charge in [-0.15, -0.1) is 0 Å². The normalized spacial score (nSPS) is 10.2. The Hall–Kier alpha value is -1.87. The fraction of sp³-hybridized carbons (Fsp3) is 0.200. The summed E-state index contributed by atoms with van der Waals surface area (Å²) in [6.07, 6.45) is 0. The van der Waals surface area contributed by atoms with Crippen LogP contribution >= 0.6 is 11.6 Å². The van der Waals surface area contributed by atoms with Gasteiger partial charge in [0.2, 0.25) is 0 Å². The molecule has 4 heteroatoms. The van der Waals surface area contributed by atoms with Crippen molar-refractivity contribution in [2.24, 2.45) is 0 Å². The summed E-state index contributed by atoms with van der Waals surface area (Å²) in [5, 5.41) is 3.87. The number of halogens is 1. The molecule has 0 bridgehead atoms. The van der Waals surface area contributed by atoms with Crippen molar-refractivity contribution in [1.29, 1.82) is 0 Å². The van der Waals surface area contributed by atoms with E-state index in [0.717, 1.165) is 11.4 Å². The predicted octanol–water partition coefficient (Wildman–Crippen LogP) is 3.72. The molecule has 2 rings (SSSR count). The Kier molecular flexibility index (Phi) is 4.53. The van der Waals surface area contributed by atoms with Gasteiger partial charge in [0.1, 0.15) is 12.4 Å². The van der Waals surface area contributed by atoms with Crippen LogP contribution in [0, 0.1) is 6.92 Å². The van der Waals surface area contributed by atoms with E-state index in [2.05, 4.69) is 5.32 Å². The molecule has 0 amide bonds. The van der Waals surface area contributed by atoms with Crippen LogP contribution in [-0.2, 0) is 0 Å². The lowest BCUT2D eigenvalue weighted by Crippen LogP contribution is -2.12. The lowest BCUT2D eigenvalue weighted by atomic mass is 10.2. The van der Waals surface area contributed by atoms with Crippen LogP contribution in [0.1, 0.15) is 5.56 Å². The number of nitrogens with one attached hydrogen (secondary N) is 1. The van der Waals surface area contributed by atoms with Gasteiger partial charge in [0.05, 0.1) is 11.4 Å². The molecule has 0 aliphatic rings. The van der Waals surface area contributed by atoms with E-state index < -0.39 is 0 Å². The molecule has 0 aliphatic carbocycles. The van der Waals surface area contributed by atoms with Crippen molar-refractivity contribution in [3.8, 4) is 5.75 Å². The van der Waals surface area contributed by atoms with Crippen LogP contribution in [0.25, 0.3) is 0 Å². The Morgan fingerprint density at radius 2 is 2.05 bits per heavy atom. The highest BCUT2D eigenvalue weighted by Gasteiger charge is 1.99. The molecule has 0 atom stereocenters. The molecule has 0 aromatic heterocycles. The number of anilines is 2. The molecule has 3 N–H and O–H groups in total. The van der Waals surface area contributed by atoms with Crippen LogP contribution in [0.4, 0.5) is 11.4 Å². The Bertz CT molecular complexity index is 558. The van der Waals surface area contributed by atoms with E-state index in [1.54, 1.807) is 12.1 Å². The van der Waals surface area contributed by atoms with E-state index in [1.165, 1.54) is 5.56 Å². The number of benzene rings is 2. The van der Waals surface area contributed by atoms with Crippen molar-refractivity contribution in [2.45, 2.75) is 6.92 Å². The Morgan fingerprint density at radius 1 is 1.21 bits per heavy atom. The minimum atomic E-state index is 0.565. The van der Waals surface area contributed by atoms with Crippen molar-refractivity contribution in [3.05, 3.63) is 53.1 Å². The van der Waals surface area contributed by atoms with Crippen LogP contribution < -0.4 is 15.8 Å². The molecule has 0 fully saturated rings. The molecule has 0 spiro atoms. The maximum absolute atomic E-state index is 5.92. The van der Waals surface area contributed by atoms with Crippen LogP contribution in [-0.4, -0.2) is 13.2 Å². The van der Waals surface area contributed by atoms with Gasteiger partial charge in [0.25, 0.3) is 0 Å². The second kappa shape index (κ2) is 6.34.